The molecule has 1 amide bonds. The first-order valence-corrected chi connectivity index (χ1v) is 6.15. The van der Waals surface area contributed by atoms with Crippen molar-refractivity contribution in [2.75, 3.05) is 20.2 Å². The number of hydrazine groups is 1. The van der Waals surface area contributed by atoms with E-state index in [0.717, 1.165) is 12.6 Å². The number of hydrogen-bond acceptors (Lipinski definition) is 4. The number of rotatable bonds is 6. The monoisotopic (exact) mass is 249 g/mol. The number of carbonyl (C=O) groups is 1. The van der Waals surface area contributed by atoms with E-state index in [-0.39, 0.29) is 5.91 Å². The van der Waals surface area contributed by atoms with Gasteiger partial charge in [-0.25, -0.2) is 5.84 Å². The summed E-state index contributed by atoms with van der Waals surface area (Å²) in [6.45, 7) is 1.53. The van der Waals surface area contributed by atoms with Crippen LogP contribution in [0.3, 0.4) is 0 Å². The van der Waals surface area contributed by atoms with Crippen LogP contribution in [0.25, 0.3) is 0 Å². The van der Waals surface area contributed by atoms with Crippen molar-refractivity contribution in [2.45, 2.75) is 18.9 Å². The third kappa shape index (κ3) is 3.45. The van der Waals surface area contributed by atoms with Crippen molar-refractivity contribution in [1.29, 1.82) is 0 Å². The van der Waals surface area contributed by atoms with Crippen LogP contribution in [0.2, 0.25) is 0 Å². The van der Waals surface area contributed by atoms with Crippen molar-refractivity contribution in [3.63, 3.8) is 0 Å². The lowest BCUT2D eigenvalue weighted by molar-refractivity contribution is 0.0953. The first kappa shape index (κ1) is 12.9. The molecule has 5 heteroatoms. The molecule has 0 heterocycles. The highest BCUT2D eigenvalue weighted by molar-refractivity contribution is 5.94. The number of carbonyl (C=O) groups excluding carboxylic acids is 1. The molecule has 0 aromatic heterocycles. The Kier molecular flexibility index (Phi) is 4.17. The van der Waals surface area contributed by atoms with Crippen molar-refractivity contribution in [3.8, 4) is 5.75 Å². The number of ether oxygens (including phenoxy) is 1. The summed E-state index contributed by atoms with van der Waals surface area (Å²) in [6.07, 6.45) is 2.59. The number of nitrogens with zero attached hydrogens (tertiary/aromatic N) is 1. The second-order valence-corrected chi connectivity index (χ2v) is 4.56. The van der Waals surface area contributed by atoms with E-state index in [1.54, 1.807) is 18.2 Å². The summed E-state index contributed by atoms with van der Waals surface area (Å²) in [7, 11) is 2.11. The van der Waals surface area contributed by atoms with Gasteiger partial charge in [0.05, 0.1) is 0 Å². The van der Waals surface area contributed by atoms with Crippen molar-refractivity contribution < 1.29 is 9.53 Å². The molecule has 0 unspecified atom stereocenters. The highest BCUT2D eigenvalue weighted by Gasteiger charge is 2.25. The number of hydrogen-bond donors (Lipinski definition) is 2. The fourth-order valence-electron chi connectivity index (χ4n) is 1.82. The summed E-state index contributed by atoms with van der Waals surface area (Å²) >= 11 is 0. The molecule has 1 saturated carbocycles. The zero-order valence-electron chi connectivity index (χ0n) is 10.6. The number of nitrogens with one attached hydrogen (secondary N) is 1. The molecule has 1 aliphatic rings. The number of benzene rings is 1. The molecule has 98 valence electrons. The lowest BCUT2D eigenvalue weighted by atomic mass is 10.2. The van der Waals surface area contributed by atoms with E-state index < -0.39 is 0 Å². The van der Waals surface area contributed by atoms with Crippen LogP contribution in [0.5, 0.6) is 5.75 Å². The van der Waals surface area contributed by atoms with Gasteiger partial charge in [-0.1, -0.05) is 6.07 Å². The Balaban J connectivity index is 1.83. The first-order valence-electron chi connectivity index (χ1n) is 6.15. The molecule has 0 bridgehead atoms. The van der Waals surface area contributed by atoms with E-state index in [0.29, 0.717) is 17.9 Å². The summed E-state index contributed by atoms with van der Waals surface area (Å²) in [5.74, 6) is 5.47. The zero-order valence-corrected chi connectivity index (χ0v) is 10.6. The van der Waals surface area contributed by atoms with Gasteiger partial charge in [-0.3, -0.25) is 10.2 Å². The van der Waals surface area contributed by atoms with Gasteiger partial charge in [-0.15, -0.1) is 0 Å². The fraction of sp³-hybridized carbons (Fsp3) is 0.462. The average Bonchev–Trinajstić information content (AvgIpc) is 3.22. The van der Waals surface area contributed by atoms with E-state index in [1.807, 2.05) is 6.07 Å². The van der Waals surface area contributed by atoms with E-state index in [2.05, 4.69) is 17.4 Å². The molecular weight excluding hydrogens is 230 g/mol. The van der Waals surface area contributed by atoms with Gasteiger partial charge in [-0.05, 0) is 38.1 Å². The van der Waals surface area contributed by atoms with E-state index >= 15 is 0 Å². The predicted octanol–water partition coefficient (Wildman–Crippen LogP) is 0.763. The molecule has 0 saturated heterocycles. The number of nitrogen functional groups attached to an aromatic ring is 1. The van der Waals surface area contributed by atoms with Crippen LogP contribution in [-0.2, 0) is 0 Å². The fourth-order valence-corrected chi connectivity index (χ4v) is 1.82. The van der Waals surface area contributed by atoms with Crippen molar-refractivity contribution in [3.05, 3.63) is 29.8 Å². The van der Waals surface area contributed by atoms with Gasteiger partial charge in [0.1, 0.15) is 12.4 Å². The smallest absolute Gasteiger partial charge is 0.265 e. The first-order chi connectivity index (χ1) is 8.70. The molecular formula is C13H19N3O2. The van der Waals surface area contributed by atoms with Crippen LogP contribution in [0.15, 0.2) is 24.3 Å². The quantitative estimate of drug-likeness (QED) is 0.444. The molecule has 1 aromatic rings. The minimum Gasteiger partial charge on any atom is -0.492 e. The van der Waals surface area contributed by atoms with Crippen LogP contribution in [-0.4, -0.2) is 37.0 Å². The van der Waals surface area contributed by atoms with Crippen molar-refractivity contribution >= 4 is 5.91 Å². The Morgan fingerprint density at radius 2 is 2.33 bits per heavy atom. The van der Waals surface area contributed by atoms with Crippen LogP contribution < -0.4 is 16.0 Å². The summed E-state index contributed by atoms with van der Waals surface area (Å²) in [5, 5.41) is 0. The molecule has 0 aliphatic heterocycles. The number of nitrogens with two attached hydrogens (primary N) is 1. The maximum absolute atomic E-state index is 11.3. The van der Waals surface area contributed by atoms with Gasteiger partial charge in [0.25, 0.3) is 5.91 Å². The maximum atomic E-state index is 11.3. The molecule has 5 nitrogen and oxygen atoms in total. The topological polar surface area (TPSA) is 67.6 Å². The summed E-state index contributed by atoms with van der Waals surface area (Å²) < 4.78 is 5.63. The lowest BCUT2D eigenvalue weighted by Crippen LogP contribution is -2.30. The zero-order chi connectivity index (χ0) is 13.0. The SMILES string of the molecule is CN(CCOc1cccc(C(=O)NN)c1)C1CC1. The molecule has 1 fully saturated rings. The summed E-state index contributed by atoms with van der Waals surface area (Å²) in [4.78, 5) is 13.6. The van der Waals surface area contributed by atoms with E-state index in [1.165, 1.54) is 12.8 Å². The van der Waals surface area contributed by atoms with Gasteiger partial charge in [0, 0.05) is 18.2 Å². The van der Waals surface area contributed by atoms with Gasteiger partial charge in [0.15, 0.2) is 0 Å². The second kappa shape index (κ2) is 5.84. The average molecular weight is 249 g/mol. The summed E-state index contributed by atoms with van der Waals surface area (Å²) in [6, 6.07) is 7.75. The largest absolute Gasteiger partial charge is 0.492 e. The molecule has 1 aromatic carbocycles. The molecule has 0 spiro atoms. The van der Waals surface area contributed by atoms with Crippen LogP contribution in [0.4, 0.5) is 0 Å². The Morgan fingerprint density at radius 1 is 1.56 bits per heavy atom. The van der Waals surface area contributed by atoms with Gasteiger partial charge >= 0.3 is 0 Å². The Labute approximate surface area is 107 Å². The molecule has 3 N–H and O–H groups in total. The lowest BCUT2D eigenvalue weighted by Gasteiger charge is -2.16. The second-order valence-electron chi connectivity index (χ2n) is 4.56. The minimum atomic E-state index is -0.310. The Morgan fingerprint density at radius 3 is 3.00 bits per heavy atom. The van der Waals surface area contributed by atoms with Crippen LogP contribution >= 0.6 is 0 Å². The van der Waals surface area contributed by atoms with E-state index in [4.69, 9.17) is 10.6 Å². The molecule has 1 aliphatic carbocycles. The highest BCUT2D eigenvalue weighted by atomic mass is 16.5. The Hall–Kier alpha value is -1.59. The van der Waals surface area contributed by atoms with Crippen molar-refractivity contribution in [1.82, 2.24) is 10.3 Å². The highest BCUT2D eigenvalue weighted by Crippen LogP contribution is 2.24. The van der Waals surface area contributed by atoms with Crippen molar-refractivity contribution in [2.24, 2.45) is 5.84 Å². The van der Waals surface area contributed by atoms with Crippen LogP contribution in [0, 0.1) is 0 Å². The van der Waals surface area contributed by atoms with Gasteiger partial charge in [0.2, 0.25) is 0 Å². The molecule has 18 heavy (non-hydrogen) atoms. The third-order valence-electron chi connectivity index (χ3n) is 3.11. The predicted molar refractivity (Wildman–Crippen MR) is 69.2 cm³/mol. The normalized spacial score (nSPS) is 14.6. The van der Waals surface area contributed by atoms with Gasteiger partial charge in [-0.2, -0.15) is 0 Å². The number of likely N-dealkylation sites (N-methyl/N-ethyl adjacent to an activating group) is 1. The minimum absolute atomic E-state index is 0.310. The third-order valence-corrected chi connectivity index (χ3v) is 3.11. The Bertz CT molecular complexity index is 418. The molecule has 0 atom stereocenters. The molecule has 2 rings (SSSR count). The van der Waals surface area contributed by atoms with Gasteiger partial charge < -0.3 is 9.64 Å². The number of amides is 1. The standard InChI is InChI=1S/C13H19N3O2/c1-16(11-5-6-11)7-8-18-12-4-2-3-10(9-12)13(17)15-14/h2-4,9,11H,5-8,14H2,1H3,(H,15,17). The maximum Gasteiger partial charge on any atom is 0.265 e. The molecule has 0 radical (unpaired) electrons. The summed E-state index contributed by atoms with van der Waals surface area (Å²) in [5.41, 5.74) is 2.61. The van der Waals surface area contributed by atoms with Crippen LogP contribution in [0.1, 0.15) is 23.2 Å². The van der Waals surface area contributed by atoms with E-state index in [9.17, 15) is 4.79 Å².